The number of para-hydroxylation sites is 1. The van der Waals surface area contributed by atoms with E-state index in [1.807, 2.05) is 18.2 Å². The van der Waals surface area contributed by atoms with Gasteiger partial charge in [-0.25, -0.2) is 4.79 Å². The molecule has 1 atom stereocenters. The molecule has 0 bridgehead atoms. The molecule has 0 aromatic heterocycles. The molecule has 1 aromatic carbocycles. The summed E-state index contributed by atoms with van der Waals surface area (Å²) < 4.78 is 10.2. The topological polar surface area (TPSA) is 64.6 Å². The van der Waals surface area contributed by atoms with Gasteiger partial charge in [0.15, 0.2) is 6.10 Å². The Labute approximate surface area is 112 Å². The highest BCUT2D eigenvalue weighted by Crippen LogP contribution is 2.19. The van der Waals surface area contributed by atoms with E-state index in [1.54, 1.807) is 13.0 Å². The number of hydrogen-bond acceptors (Lipinski definition) is 4. The summed E-state index contributed by atoms with van der Waals surface area (Å²) in [6, 6.07) is 7.42. The Bertz CT molecular complexity index is 445. The van der Waals surface area contributed by atoms with E-state index in [-0.39, 0.29) is 5.91 Å². The third kappa shape index (κ3) is 4.99. The Morgan fingerprint density at radius 3 is 2.63 bits per heavy atom. The van der Waals surface area contributed by atoms with E-state index in [0.717, 1.165) is 5.56 Å². The maximum absolute atomic E-state index is 11.3. The highest BCUT2D eigenvalue weighted by Gasteiger charge is 2.16. The van der Waals surface area contributed by atoms with Crippen molar-refractivity contribution < 1.29 is 19.1 Å². The molecule has 1 rings (SSSR count). The summed E-state index contributed by atoms with van der Waals surface area (Å²) in [5, 5.41) is 2.72. The van der Waals surface area contributed by atoms with Gasteiger partial charge in [0, 0.05) is 13.5 Å². The van der Waals surface area contributed by atoms with Crippen molar-refractivity contribution in [2.24, 2.45) is 0 Å². The second-order valence-electron chi connectivity index (χ2n) is 4.12. The van der Waals surface area contributed by atoms with Crippen LogP contribution in [0.25, 0.3) is 0 Å². The first-order valence-corrected chi connectivity index (χ1v) is 6.11. The van der Waals surface area contributed by atoms with Gasteiger partial charge in [0.05, 0.1) is 7.11 Å². The second-order valence-corrected chi connectivity index (χ2v) is 4.12. The molecule has 0 saturated heterocycles. The zero-order chi connectivity index (χ0) is 14.3. The SMILES string of the molecule is COC(=O)C(C)Oc1ccccc1CCNC(C)=O. The number of rotatable bonds is 6. The predicted octanol–water partition coefficient (Wildman–Crippen LogP) is 1.31. The van der Waals surface area contributed by atoms with Crippen LogP contribution in [0.2, 0.25) is 0 Å². The molecule has 0 aliphatic rings. The quantitative estimate of drug-likeness (QED) is 0.788. The van der Waals surface area contributed by atoms with Gasteiger partial charge in [-0.3, -0.25) is 4.79 Å². The number of nitrogens with one attached hydrogen (secondary N) is 1. The smallest absolute Gasteiger partial charge is 0.346 e. The molecule has 0 fully saturated rings. The largest absolute Gasteiger partial charge is 0.479 e. The van der Waals surface area contributed by atoms with Crippen LogP contribution in [0.5, 0.6) is 5.75 Å². The lowest BCUT2D eigenvalue weighted by atomic mass is 10.1. The maximum atomic E-state index is 11.3. The van der Waals surface area contributed by atoms with Gasteiger partial charge in [-0.05, 0) is 25.0 Å². The Morgan fingerprint density at radius 1 is 1.32 bits per heavy atom. The molecular weight excluding hydrogens is 246 g/mol. The number of carbonyl (C=O) groups excluding carboxylic acids is 2. The lowest BCUT2D eigenvalue weighted by Gasteiger charge is -2.15. The second kappa shape index (κ2) is 7.41. The summed E-state index contributed by atoms with van der Waals surface area (Å²) in [7, 11) is 1.32. The number of hydrogen-bond donors (Lipinski definition) is 1. The van der Waals surface area contributed by atoms with Crippen molar-refractivity contribution in [3.63, 3.8) is 0 Å². The lowest BCUT2D eigenvalue weighted by molar-refractivity contribution is -0.147. The minimum absolute atomic E-state index is 0.0682. The van der Waals surface area contributed by atoms with Crippen LogP contribution in [-0.4, -0.2) is 31.6 Å². The molecule has 5 nitrogen and oxygen atoms in total. The van der Waals surface area contributed by atoms with Crippen LogP contribution in [0.15, 0.2) is 24.3 Å². The number of ether oxygens (including phenoxy) is 2. The summed E-state index contributed by atoms with van der Waals surface area (Å²) in [6.45, 7) is 3.64. The van der Waals surface area contributed by atoms with Crippen molar-refractivity contribution in [3.8, 4) is 5.75 Å². The number of amides is 1. The molecule has 104 valence electrons. The molecule has 0 spiro atoms. The number of esters is 1. The van der Waals surface area contributed by atoms with Crippen molar-refractivity contribution in [2.45, 2.75) is 26.4 Å². The normalized spacial score (nSPS) is 11.5. The molecular formula is C14H19NO4. The van der Waals surface area contributed by atoms with E-state index < -0.39 is 12.1 Å². The summed E-state index contributed by atoms with van der Waals surface area (Å²) >= 11 is 0. The van der Waals surface area contributed by atoms with E-state index in [9.17, 15) is 9.59 Å². The summed E-state index contributed by atoms with van der Waals surface area (Å²) in [5.41, 5.74) is 0.937. The molecule has 19 heavy (non-hydrogen) atoms. The van der Waals surface area contributed by atoms with Crippen LogP contribution in [0.4, 0.5) is 0 Å². The molecule has 0 radical (unpaired) electrons. The highest BCUT2D eigenvalue weighted by molar-refractivity contribution is 5.74. The molecule has 1 N–H and O–H groups in total. The zero-order valence-corrected chi connectivity index (χ0v) is 11.4. The fourth-order valence-corrected chi connectivity index (χ4v) is 1.60. The van der Waals surface area contributed by atoms with Gasteiger partial charge in [0.25, 0.3) is 0 Å². The average molecular weight is 265 g/mol. The van der Waals surface area contributed by atoms with Crippen LogP contribution in [0, 0.1) is 0 Å². The highest BCUT2D eigenvalue weighted by atomic mass is 16.6. The van der Waals surface area contributed by atoms with Gasteiger partial charge in [-0.1, -0.05) is 18.2 Å². The van der Waals surface area contributed by atoms with Crippen LogP contribution < -0.4 is 10.1 Å². The van der Waals surface area contributed by atoms with Crippen molar-refractivity contribution >= 4 is 11.9 Å². The summed E-state index contributed by atoms with van der Waals surface area (Å²) in [6.07, 6.45) is -0.0178. The van der Waals surface area contributed by atoms with Crippen LogP contribution >= 0.6 is 0 Å². The first-order chi connectivity index (χ1) is 9.04. The third-order valence-electron chi connectivity index (χ3n) is 2.58. The third-order valence-corrected chi connectivity index (χ3v) is 2.58. The zero-order valence-electron chi connectivity index (χ0n) is 11.4. The van der Waals surface area contributed by atoms with Gasteiger partial charge in [0.1, 0.15) is 5.75 Å². The standard InChI is InChI=1S/C14H19NO4/c1-10(14(17)18-3)19-13-7-5-4-6-12(13)8-9-15-11(2)16/h4-7,10H,8-9H2,1-3H3,(H,15,16). The number of carbonyl (C=O) groups is 2. The van der Waals surface area contributed by atoms with Gasteiger partial charge in [0.2, 0.25) is 5.91 Å². The van der Waals surface area contributed by atoms with E-state index in [0.29, 0.717) is 18.7 Å². The predicted molar refractivity (Wildman–Crippen MR) is 70.9 cm³/mol. The summed E-state index contributed by atoms with van der Waals surface area (Å²) in [4.78, 5) is 22.1. The first-order valence-electron chi connectivity index (χ1n) is 6.11. The minimum atomic E-state index is -0.660. The monoisotopic (exact) mass is 265 g/mol. The number of methoxy groups -OCH3 is 1. The van der Waals surface area contributed by atoms with Gasteiger partial charge < -0.3 is 14.8 Å². The Balaban J connectivity index is 2.67. The van der Waals surface area contributed by atoms with Gasteiger partial charge >= 0.3 is 5.97 Å². The molecule has 0 heterocycles. The summed E-state index contributed by atoms with van der Waals surface area (Å²) in [5.74, 6) is 0.142. The lowest BCUT2D eigenvalue weighted by Crippen LogP contribution is -2.26. The van der Waals surface area contributed by atoms with Crippen molar-refractivity contribution in [1.29, 1.82) is 0 Å². The van der Waals surface area contributed by atoms with E-state index in [2.05, 4.69) is 10.1 Å². The van der Waals surface area contributed by atoms with Crippen molar-refractivity contribution in [1.82, 2.24) is 5.32 Å². The average Bonchev–Trinajstić information content (AvgIpc) is 2.39. The number of benzene rings is 1. The Kier molecular flexibility index (Phi) is 5.85. The van der Waals surface area contributed by atoms with E-state index in [1.165, 1.54) is 14.0 Å². The van der Waals surface area contributed by atoms with Crippen LogP contribution in [0.1, 0.15) is 19.4 Å². The fraction of sp³-hybridized carbons (Fsp3) is 0.429. The van der Waals surface area contributed by atoms with E-state index in [4.69, 9.17) is 4.74 Å². The first kappa shape index (κ1) is 15.0. The molecule has 1 amide bonds. The van der Waals surface area contributed by atoms with Crippen molar-refractivity contribution in [3.05, 3.63) is 29.8 Å². The molecule has 1 aromatic rings. The van der Waals surface area contributed by atoms with Gasteiger partial charge in [-0.15, -0.1) is 0 Å². The molecule has 1 unspecified atom stereocenters. The van der Waals surface area contributed by atoms with Gasteiger partial charge in [-0.2, -0.15) is 0 Å². The molecule has 0 saturated carbocycles. The molecule has 5 heteroatoms. The molecule has 0 aliphatic carbocycles. The minimum Gasteiger partial charge on any atom is -0.479 e. The molecule has 0 aliphatic heterocycles. The fourth-order valence-electron chi connectivity index (χ4n) is 1.60. The Hall–Kier alpha value is -2.04. The Morgan fingerprint density at radius 2 is 2.00 bits per heavy atom. The van der Waals surface area contributed by atoms with Crippen LogP contribution in [-0.2, 0) is 20.7 Å². The van der Waals surface area contributed by atoms with Crippen LogP contribution in [0.3, 0.4) is 0 Å². The van der Waals surface area contributed by atoms with E-state index >= 15 is 0 Å². The maximum Gasteiger partial charge on any atom is 0.346 e. The van der Waals surface area contributed by atoms with Crippen molar-refractivity contribution in [2.75, 3.05) is 13.7 Å².